The fraction of sp³-hybridized carbons (Fsp3) is 0.474. The number of nitrogens with two attached hydrogens (primary N) is 1. The van der Waals surface area contributed by atoms with Crippen molar-refractivity contribution in [3.05, 3.63) is 40.5 Å². The molecule has 1 amide bonds. The minimum atomic E-state index is 0. The molecule has 5 nitrogen and oxygen atoms in total. The van der Waals surface area contributed by atoms with E-state index in [1.54, 1.807) is 0 Å². The molecule has 1 aromatic carbocycles. The SMILES string of the molecule is Cc1c(Cl)c(CN2CCCC(C(=O)NCCN)C2)nc2ccccc12.Cl.Cl. The van der Waals surface area contributed by atoms with Gasteiger partial charge in [-0.15, -0.1) is 24.8 Å². The van der Waals surface area contributed by atoms with Crippen LogP contribution >= 0.6 is 36.4 Å². The summed E-state index contributed by atoms with van der Waals surface area (Å²) in [4.78, 5) is 19.3. The van der Waals surface area contributed by atoms with E-state index in [1.807, 2.05) is 31.2 Å². The first-order valence-electron chi connectivity index (χ1n) is 8.84. The summed E-state index contributed by atoms with van der Waals surface area (Å²) < 4.78 is 0. The number of amides is 1. The lowest BCUT2D eigenvalue weighted by atomic mass is 9.97. The van der Waals surface area contributed by atoms with Gasteiger partial charge in [0.25, 0.3) is 0 Å². The van der Waals surface area contributed by atoms with Gasteiger partial charge < -0.3 is 11.1 Å². The second-order valence-electron chi connectivity index (χ2n) is 6.67. The third-order valence-corrected chi connectivity index (χ3v) is 5.34. The Morgan fingerprint density at radius 2 is 2.11 bits per heavy atom. The Bertz CT molecular complexity index is 772. The molecular weight excluding hydrogens is 407 g/mol. The van der Waals surface area contributed by atoms with Crippen molar-refractivity contribution in [2.45, 2.75) is 26.3 Å². The van der Waals surface area contributed by atoms with Gasteiger partial charge in [0, 0.05) is 31.6 Å². The molecule has 1 saturated heterocycles. The smallest absolute Gasteiger partial charge is 0.224 e. The van der Waals surface area contributed by atoms with Gasteiger partial charge in [0.15, 0.2) is 0 Å². The maximum absolute atomic E-state index is 12.2. The van der Waals surface area contributed by atoms with Crippen LogP contribution in [-0.4, -0.2) is 42.0 Å². The summed E-state index contributed by atoms with van der Waals surface area (Å²) in [6, 6.07) is 8.06. The van der Waals surface area contributed by atoms with Gasteiger partial charge in [0.1, 0.15) is 0 Å². The number of hydrogen-bond acceptors (Lipinski definition) is 4. The van der Waals surface area contributed by atoms with Gasteiger partial charge in [-0.25, -0.2) is 4.98 Å². The highest BCUT2D eigenvalue weighted by Gasteiger charge is 2.26. The number of para-hydroxylation sites is 1. The summed E-state index contributed by atoms with van der Waals surface area (Å²) in [6.45, 7) is 5.41. The monoisotopic (exact) mass is 432 g/mol. The Labute approximate surface area is 177 Å². The van der Waals surface area contributed by atoms with Crippen LogP contribution in [0.1, 0.15) is 24.1 Å². The summed E-state index contributed by atoms with van der Waals surface area (Å²) >= 11 is 6.58. The van der Waals surface area contributed by atoms with E-state index in [4.69, 9.17) is 22.3 Å². The van der Waals surface area contributed by atoms with E-state index in [0.717, 1.165) is 53.1 Å². The number of nitrogens with zero attached hydrogens (tertiary/aromatic N) is 2. The third-order valence-electron chi connectivity index (χ3n) is 4.84. The molecule has 27 heavy (non-hydrogen) atoms. The quantitative estimate of drug-likeness (QED) is 0.759. The lowest BCUT2D eigenvalue weighted by molar-refractivity contribution is -0.126. The van der Waals surface area contributed by atoms with Gasteiger partial charge in [-0.1, -0.05) is 29.8 Å². The maximum atomic E-state index is 12.2. The van der Waals surface area contributed by atoms with Gasteiger partial charge in [-0.3, -0.25) is 9.69 Å². The number of benzene rings is 1. The zero-order valence-corrected chi connectivity index (χ0v) is 17.8. The predicted octanol–water partition coefficient (Wildman–Crippen LogP) is 3.33. The van der Waals surface area contributed by atoms with Crippen LogP contribution in [0.3, 0.4) is 0 Å². The van der Waals surface area contributed by atoms with Crippen LogP contribution in [0.2, 0.25) is 5.02 Å². The first kappa shape index (κ1) is 23.9. The van der Waals surface area contributed by atoms with Crippen molar-refractivity contribution in [1.29, 1.82) is 0 Å². The average Bonchev–Trinajstić information content (AvgIpc) is 2.64. The Balaban J connectivity index is 0.00000182. The van der Waals surface area contributed by atoms with Gasteiger partial charge in [-0.2, -0.15) is 0 Å². The van der Waals surface area contributed by atoms with Crippen LogP contribution in [0, 0.1) is 12.8 Å². The molecule has 1 aliphatic heterocycles. The van der Waals surface area contributed by atoms with E-state index in [1.165, 1.54) is 0 Å². The van der Waals surface area contributed by atoms with E-state index in [0.29, 0.717) is 19.6 Å². The summed E-state index contributed by atoms with van der Waals surface area (Å²) in [5, 5.41) is 4.72. The van der Waals surface area contributed by atoms with E-state index in [2.05, 4.69) is 10.2 Å². The Kier molecular flexibility index (Phi) is 9.77. The summed E-state index contributed by atoms with van der Waals surface area (Å²) in [6.07, 6.45) is 1.93. The van der Waals surface area contributed by atoms with E-state index in [-0.39, 0.29) is 36.6 Å². The van der Waals surface area contributed by atoms with Crippen LogP contribution < -0.4 is 11.1 Å². The highest BCUT2D eigenvalue weighted by molar-refractivity contribution is 6.32. The van der Waals surface area contributed by atoms with Gasteiger partial charge >= 0.3 is 0 Å². The number of pyridine rings is 1. The van der Waals surface area contributed by atoms with Crippen molar-refractivity contribution < 1.29 is 4.79 Å². The molecule has 1 aliphatic rings. The second kappa shape index (κ2) is 11.0. The summed E-state index contributed by atoms with van der Waals surface area (Å²) in [5.74, 6) is 0.115. The molecule has 1 unspecified atom stereocenters. The van der Waals surface area contributed by atoms with E-state index < -0.39 is 0 Å². The lowest BCUT2D eigenvalue weighted by Crippen LogP contribution is -2.43. The standard InChI is InChI=1S/C19H25ClN4O.2ClH/c1-13-15-6-2-3-7-16(15)23-17(18(13)20)12-24-10-4-5-14(11-24)19(25)22-9-8-21;;/h2-3,6-7,14H,4-5,8-12,21H2,1H3,(H,22,25);2*1H. The number of aryl methyl sites for hydroxylation is 1. The van der Waals surface area contributed by atoms with Crippen molar-refractivity contribution in [2.24, 2.45) is 11.7 Å². The zero-order chi connectivity index (χ0) is 17.8. The highest BCUT2D eigenvalue weighted by Crippen LogP contribution is 2.28. The summed E-state index contributed by atoms with van der Waals surface area (Å²) in [7, 11) is 0. The topological polar surface area (TPSA) is 71.2 Å². The number of carbonyl (C=O) groups is 1. The molecule has 8 heteroatoms. The minimum absolute atomic E-state index is 0. The molecule has 0 radical (unpaired) electrons. The number of likely N-dealkylation sites (tertiary alicyclic amines) is 1. The number of carbonyl (C=O) groups excluding carboxylic acids is 1. The second-order valence-corrected chi connectivity index (χ2v) is 7.05. The Morgan fingerprint density at radius 1 is 1.37 bits per heavy atom. The number of nitrogens with one attached hydrogen (secondary N) is 1. The van der Waals surface area contributed by atoms with Crippen LogP contribution in [0.5, 0.6) is 0 Å². The van der Waals surface area contributed by atoms with Crippen molar-refractivity contribution in [2.75, 3.05) is 26.2 Å². The van der Waals surface area contributed by atoms with Gasteiger partial charge in [-0.05, 0) is 37.9 Å². The number of piperidine rings is 1. The molecule has 2 aromatic rings. The fourth-order valence-electron chi connectivity index (χ4n) is 3.49. The number of halogens is 3. The molecule has 1 fully saturated rings. The average molecular weight is 434 g/mol. The molecule has 0 aliphatic carbocycles. The molecule has 150 valence electrons. The molecule has 1 atom stereocenters. The first-order valence-corrected chi connectivity index (χ1v) is 9.21. The van der Waals surface area contributed by atoms with Crippen LogP contribution in [0.25, 0.3) is 10.9 Å². The highest BCUT2D eigenvalue weighted by atomic mass is 35.5. The number of fused-ring (bicyclic) bond motifs is 1. The van der Waals surface area contributed by atoms with E-state index >= 15 is 0 Å². The van der Waals surface area contributed by atoms with Crippen molar-refractivity contribution in [1.82, 2.24) is 15.2 Å². The molecule has 0 spiro atoms. The first-order chi connectivity index (χ1) is 12.1. The minimum Gasteiger partial charge on any atom is -0.355 e. The molecule has 0 bridgehead atoms. The van der Waals surface area contributed by atoms with Gasteiger partial charge in [0.05, 0.1) is 22.2 Å². The van der Waals surface area contributed by atoms with Crippen LogP contribution in [0.4, 0.5) is 0 Å². The molecule has 0 saturated carbocycles. The van der Waals surface area contributed by atoms with Crippen molar-refractivity contribution >= 4 is 53.2 Å². The van der Waals surface area contributed by atoms with Gasteiger partial charge in [0.2, 0.25) is 5.91 Å². The fourth-order valence-corrected chi connectivity index (χ4v) is 3.69. The normalized spacial score (nSPS) is 17.1. The number of aromatic nitrogens is 1. The van der Waals surface area contributed by atoms with E-state index in [9.17, 15) is 4.79 Å². The van der Waals surface area contributed by atoms with Crippen LogP contribution in [-0.2, 0) is 11.3 Å². The van der Waals surface area contributed by atoms with Crippen LogP contribution in [0.15, 0.2) is 24.3 Å². The Hall–Kier alpha value is -1.11. The predicted molar refractivity (Wildman–Crippen MR) is 116 cm³/mol. The molecule has 2 heterocycles. The summed E-state index contributed by atoms with van der Waals surface area (Å²) in [5.41, 5.74) is 8.39. The van der Waals surface area contributed by atoms with Crippen molar-refractivity contribution in [3.8, 4) is 0 Å². The molecule has 1 aromatic heterocycles. The lowest BCUT2D eigenvalue weighted by Gasteiger charge is -2.32. The zero-order valence-electron chi connectivity index (χ0n) is 15.4. The number of rotatable bonds is 5. The number of hydrogen-bond donors (Lipinski definition) is 2. The largest absolute Gasteiger partial charge is 0.355 e. The molecule has 3 rings (SSSR count). The van der Waals surface area contributed by atoms with Crippen molar-refractivity contribution in [3.63, 3.8) is 0 Å². The molecule has 3 N–H and O–H groups in total. The third kappa shape index (κ3) is 5.69. The molecular formula is C19H27Cl3N4O. The Morgan fingerprint density at radius 3 is 2.85 bits per heavy atom. The maximum Gasteiger partial charge on any atom is 0.224 e.